The van der Waals surface area contributed by atoms with Crippen molar-refractivity contribution in [3.05, 3.63) is 48.5 Å². The monoisotopic (exact) mass is 322 g/mol. The van der Waals surface area contributed by atoms with Crippen LogP contribution >= 0.6 is 11.3 Å². The van der Waals surface area contributed by atoms with E-state index in [-0.39, 0.29) is 0 Å². The van der Waals surface area contributed by atoms with Gasteiger partial charge in [0.15, 0.2) is 5.82 Å². The molecule has 6 nitrogen and oxygen atoms in total. The van der Waals surface area contributed by atoms with E-state index < -0.39 is 0 Å². The van der Waals surface area contributed by atoms with Crippen LogP contribution < -0.4 is 0 Å². The highest BCUT2D eigenvalue weighted by molar-refractivity contribution is 7.18. The molecule has 0 aliphatic carbocycles. The van der Waals surface area contributed by atoms with Gasteiger partial charge >= 0.3 is 0 Å². The molecule has 0 radical (unpaired) electrons. The molecule has 4 rings (SSSR count). The van der Waals surface area contributed by atoms with Gasteiger partial charge in [0.25, 0.3) is 0 Å². The van der Waals surface area contributed by atoms with Crippen molar-refractivity contribution < 1.29 is 0 Å². The van der Waals surface area contributed by atoms with Crippen LogP contribution in [0.15, 0.2) is 42.9 Å². The van der Waals surface area contributed by atoms with Crippen LogP contribution in [0.4, 0.5) is 0 Å². The molecule has 0 amide bonds. The van der Waals surface area contributed by atoms with Crippen LogP contribution in [0.3, 0.4) is 0 Å². The molecule has 114 valence electrons. The van der Waals surface area contributed by atoms with Crippen molar-refractivity contribution in [1.82, 2.24) is 30.4 Å². The minimum atomic E-state index is 0.661. The van der Waals surface area contributed by atoms with E-state index in [1.807, 2.05) is 36.5 Å². The number of rotatable bonds is 4. The summed E-state index contributed by atoms with van der Waals surface area (Å²) in [4.78, 5) is 10.1. The van der Waals surface area contributed by atoms with Crippen LogP contribution in [0.2, 0.25) is 0 Å². The first-order valence-electron chi connectivity index (χ1n) is 7.32. The fraction of sp³-hybridized carbons (Fsp3) is 0.125. The largest absolute Gasteiger partial charge is 0.285 e. The van der Waals surface area contributed by atoms with Crippen molar-refractivity contribution in [1.29, 1.82) is 0 Å². The second-order valence-electron chi connectivity index (χ2n) is 4.98. The average molecular weight is 322 g/mol. The first-order chi connectivity index (χ1) is 11.4. The smallest absolute Gasteiger partial charge is 0.193 e. The number of thiazole rings is 1. The number of nitrogens with one attached hydrogen (secondary N) is 2. The predicted molar refractivity (Wildman–Crippen MR) is 89.9 cm³/mol. The Bertz CT molecular complexity index is 907. The minimum absolute atomic E-state index is 0.661. The number of H-pyrrole nitrogens is 2. The Morgan fingerprint density at radius 3 is 2.70 bits per heavy atom. The lowest BCUT2D eigenvalue weighted by molar-refractivity contribution is 0.975. The van der Waals surface area contributed by atoms with Crippen molar-refractivity contribution in [3.8, 4) is 32.5 Å². The zero-order valence-electron chi connectivity index (χ0n) is 12.4. The van der Waals surface area contributed by atoms with Gasteiger partial charge in [0.05, 0.1) is 17.0 Å². The van der Waals surface area contributed by atoms with Gasteiger partial charge in [0.1, 0.15) is 16.2 Å². The fourth-order valence-electron chi connectivity index (χ4n) is 2.47. The number of aryl methyl sites for hydroxylation is 1. The van der Waals surface area contributed by atoms with Crippen molar-refractivity contribution in [3.63, 3.8) is 0 Å². The van der Waals surface area contributed by atoms with Crippen LogP contribution in [0.1, 0.15) is 12.6 Å². The Hall–Kier alpha value is -2.80. The van der Waals surface area contributed by atoms with Crippen LogP contribution in [-0.4, -0.2) is 30.4 Å². The van der Waals surface area contributed by atoms with Gasteiger partial charge < -0.3 is 0 Å². The summed E-state index contributed by atoms with van der Waals surface area (Å²) in [6.07, 6.45) is 4.34. The number of nitrogens with zero attached hydrogens (tertiary/aromatic N) is 4. The van der Waals surface area contributed by atoms with E-state index in [0.29, 0.717) is 5.82 Å². The summed E-state index contributed by atoms with van der Waals surface area (Å²) in [7, 11) is 0. The van der Waals surface area contributed by atoms with Gasteiger partial charge in [-0.2, -0.15) is 10.2 Å². The molecule has 3 heterocycles. The van der Waals surface area contributed by atoms with Gasteiger partial charge in [-0.25, -0.2) is 9.97 Å². The van der Waals surface area contributed by atoms with E-state index in [2.05, 4.69) is 32.3 Å². The molecule has 0 aliphatic heterocycles. The first kappa shape index (κ1) is 13.8. The quantitative estimate of drug-likeness (QED) is 0.602. The maximum atomic E-state index is 4.85. The van der Waals surface area contributed by atoms with Gasteiger partial charge in [-0.15, -0.1) is 11.3 Å². The molecule has 0 atom stereocenters. The number of hydrogen-bond acceptors (Lipinski definition) is 5. The topological polar surface area (TPSA) is 83.1 Å². The standard InChI is InChI=1S/C16H14N6S/c1-2-12-11(8-18-21-12)16-20-13(10-6-4-3-5-7-10)14(23-16)15-17-9-19-22-15/h3-9H,2H2,1H3,(H,18,21)(H,17,19,22). The molecular formula is C16H14N6S. The zero-order valence-corrected chi connectivity index (χ0v) is 13.3. The van der Waals surface area contributed by atoms with Crippen molar-refractivity contribution in [2.45, 2.75) is 13.3 Å². The molecule has 0 spiro atoms. The van der Waals surface area contributed by atoms with Crippen molar-refractivity contribution >= 4 is 11.3 Å². The predicted octanol–water partition coefficient (Wildman–Crippen LogP) is 3.55. The third-order valence-corrected chi connectivity index (χ3v) is 4.66. The molecule has 0 aliphatic rings. The van der Waals surface area contributed by atoms with E-state index in [4.69, 9.17) is 4.98 Å². The van der Waals surface area contributed by atoms with E-state index >= 15 is 0 Å². The van der Waals surface area contributed by atoms with E-state index in [9.17, 15) is 0 Å². The normalized spacial score (nSPS) is 11.0. The molecule has 23 heavy (non-hydrogen) atoms. The van der Waals surface area contributed by atoms with Gasteiger partial charge in [0, 0.05) is 11.8 Å². The van der Waals surface area contributed by atoms with Gasteiger partial charge in [-0.3, -0.25) is 10.2 Å². The van der Waals surface area contributed by atoms with E-state index in [0.717, 1.165) is 38.8 Å². The third-order valence-electron chi connectivity index (χ3n) is 3.58. The molecule has 0 fully saturated rings. The molecule has 1 aromatic carbocycles. The van der Waals surface area contributed by atoms with Crippen molar-refractivity contribution in [2.75, 3.05) is 0 Å². The highest BCUT2D eigenvalue weighted by Crippen LogP contribution is 2.39. The Balaban J connectivity index is 1.91. The average Bonchev–Trinajstić information content (AvgIpc) is 3.33. The highest BCUT2D eigenvalue weighted by atomic mass is 32.1. The molecule has 0 unspecified atom stereocenters. The zero-order chi connectivity index (χ0) is 15.6. The summed E-state index contributed by atoms with van der Waals surface area (Å²) in [6.45, 7) is 2.08. The summed E-state index contributed by atoms with van der Waals surface area (Å²) < 4.78 is 0. The number of benzene rings is 1. The van der Waals surface area contributed by atoms with Gasteiger partial charge in [-0.1, -0.05) is 37.3 Å². The SMILES string of the molecule is CCc1n[nH]cc1-c1nc(-c2ccccc2)c(-c2nc[nH]n2)s1. The maximum absolute atomic E-state index is 4.85. The highest BCUT2D eigenvalue weighted by Gasteiger charge is 2.20. The number of aromatic nitrogens is 6. The second-order valence-corrected chi connectivity index (χ2v) is 5.98. The lowest BCUT2D eigenvalue weighted by Crippen LogP contribution is -1.85. The molecular weight excluding hydrogens is 308 g/mol. The maximum Gasteiger partial charge on any atom is 0.193 e. The van der Waals surface area contributed by atoms with Crippen molar-refractivity contribution in [2.24, 2.45) is 0 Å². The Kier molecular flexibility index (Phi) is 3.47. The summed E-state index contributed by atoms with van der Waals surface area (Å²) >= 11 is 1.58. The molecule has 7 heteroatoms. The summed E-state index contributed by atoms with van der Waals surface area (Å²) in [5.74, 6) is 0.661. The van der Waals surface area contributed by atoms with Crippen LogP contribution in [-0.2, 0) is 6.42 Å². The molecule has 0 bridgehead atoms. The Morgan fingerprint density at radius 2 is 1.96 bits per heavy atom. The minimum Gasteiger partial charge on any atom is -0.285 e. The number of aromatic amines is 2. The summed E-state index contributed by atoms with van der Waals surface area (Å²) in [5, 5.41) is 15.1. The van der Waals surface area contributed by atoms with Crippen LogP contribution in [0.5, 0.6) is 0 Å². The molecule has 4 aromatic rings. The fourth-order valence-corrected chi connectivity index (χ4v) is 3.54. The molecule has 0 saturated carbocycles. The lowest BCUT2D eigenvalue weighted by Gasteiger charge is -1.98. The van der Waals surface area contributed by atoms with Gasteiger partial charge in [0.2, 0.25) is 0 Å². The second kappa shape index (κ2) is 5.77. The molecule has 2 N–H and O–H groups in total. The third kappa shape index (κ3) is 2.44. The van der Waals surface area contributed by atoms with E-state index in [1.165, 1.54) is 0 Å². The first-order valence-corrected chi connectivity index (χ1v) is 8.14. The van der Waals surface area contributed by atoms with Crippen LogP contribution in [0, 0.1) is 0 Å². The van der Waals surface area contributed by atoms with E-state index in [1.54, 1.807) is 17.7 Å². The Morgan fingerprint density at radius 1 is 1.09 bits per heavy atom. The number of hydrogen-bond donors (Lipinski definition) is 2. The molecule has 3 aromatic heterocycles. The molecule has 0 saturated heterocycles. The van der Waals surface area contributed by atoms with Crippen LogP contribution in [0.25, 0.3) is 32.5 Å². The summed E-state index contributed by atoms with van der Waals surface area (Å²) in [5.41, 5.74) is 4.00. The lowest BCUT2D eigenvalue weighted by atomic mass is 10.1. The Labute approximate surface area is 136 Å². The summed E-state index contributed by atoms with van der Waals surface area (Å²) in [6, 6.07) is 10.1. The van der Waals surface area contributed by atoms with Gasteiger partial charge in [-0.05, 0) is 6.42 Å².